The fourth-order valence-corrected chi connectivity index (χ4v) is 2.18. The lowest BCUT2D eigenvalue weighted by Gasteiger charge is -2.11. The predicted molar refractivity (Wildman–Crippen MR) is 99.3 cm³/mol. The molecule has 0 aromatic heterocycles. The van der Waals surface area contributed by atoms with Crippen LogP contribution in [-0.4, -0.2) is 37.0 Å². The monoisotopic (exact) mass is 336 g/mol. The van der Waals surface area contributed by atoms with Crippen molar-refractivity contribution in [1.82, 2.24) is 0 Å². The Bertz CT molecular complexity index is 812. The molecule has 0 amide bonds. The van der Waals surface area contributed by atoms with Crippen LogP contribution in [0, 0.1) is 0 Å². The average Bonchev–Trinajstić information content (AvgIpc) is 2.60. The SMILES string of the molecule is C=C(C)C(=O)c1ccc2ccccc2c1C(=O)C(=C)C.O[B]O[B]O. The molecule has 2 rings (SSSR count). The van der Waals surface area contributed by atoms with Gasteiger partial charge in [0.2, 0.25) is 0 Å². The Hall–Kier alpha value is -2.47. The van der Waals surface area contributed by atoms with Crippen molar-refractivity contribution >= 4 is 37.7 Å². The van der Waals surface area contributed by atoms with E-state index in [2.05, 4.69) is 17.7 Å². The highest BCUT2D eigenvalue weighted by atomic mass is 16.5. The maximum Gasteiger partial charge on any atom is 0.469 e. The van der Waals surface area contributed by atoms with Gasteiger partial charge in [0, 0.05) is 11.1 Å². The number of rotatable bonds is 6. The molecule has 0 unspecified atom stereocenters. The molecule has 2 N–H and O–H groups in total. The fourth-order valence-electron chi connectivity index (χ4n) is 2.18. The minimum Gasteiger partial charge on any atom is -0.456 e. The van der Waals surface area contributed by atoms with Crippen molar-refractivity contribution in [1.29, 1.82) is 0 Å². The van der Waals surface area contributed by atoms with Gasteiger partial charge in [0.25, 0.3) is 0 Å². The summed E-state index contributed by atoms with van der Waals surface area (Å²) in [5, 5.41) is 16.8. The second-order valence-electron chi connectivity index (χ2n) is 5.28. The van der Waals surface area contributed by atoms with E-state index in [1.807, 2.05) is 30.3 Å². The van der Waals surface area contributed by atoms with Crippen LogP contribution in [-0.2, 0) is 4.57 Å². The number of hydrogen-bond donors (Lipinski definition) is 2. The third-order valence-corrected chi connectivity index (χ3v) is 3.30. The summed E-state index contributed by atoms with van der Waals surface area (Å²) in [5.74, 6) is -0.410. The van der Waals surface area contributed by atoms with E-state index in [9.17, 15) is 9.59 Å². The zero-order valence-corrected chi connectivity index (χ0v) is 14.2. The van der Waals surface area contributed by atoms with Gasteiger partial charge in [0.1, 0.15) is 0 Å². The molecule has 126 valence electrons. The molecule has 0 spiro atoms. The molecular formula is C18H18B2O5. The maximum atomic E-state index is 12.4. The number of ketones is 2. The van der Waals surface area contributed by atoms with E-state index < -0.39 is 0 Å². The van der Waals surface area contributed by atoms with Crippen LogP contribution in [0.25, 0.3) is 10.8 Å². The first kappa shape index (κ1) is 20.6. The van der Waals surface area contributed by atoms with Crippen molar-refractivity contribution in [3.63, 3.8) is 0 Å². The van der Waals surface area contributed by atoms with Gasteiger partial charge >= 0.3 is 15.4 Å². The van der Waals surface area contributed by atoms with Crippen LogP contribution >= 0.6 is 0 Å². The Balaban J connectivity index is 0.000000550. The molecule has 2 aromatic carbocycles. The van der Waals surface area contributed by atoms with E-state index in [4.69, 9.17) is 10.0 Å². The lowest BCUT2D eigenvalue weighted by atomic mass is 9.90. The van der Waals surface area contributed by atoms with Gasteiger partial charge in [-0.3, -0.25) is 9.59 Å². The van der Waals surface area contributed by atoms with E-state index >= 15 is 0 Å². The zero-order valence-electron chi connectivity index (χ0n) is 14.2. The summed E-state index contributed by atoms with van der Waals surface area (Å²) in [6.07, 6.45) is 0. The molecule has 5 nitrogen and oxygen atoms in total. The van der Waals surface area contributed by atoms with Gasteiger partial charge in [-0.25, -0.2) is 0 Å². The van der Waals surface area contributed by atoms with Crippen LogP contribution in [0.5, 0.6) is 0 Å². The minimum atomic E-state index is -0.208. The zero-order chi connectivity index (χ0) is 19.0. The van der Waals surface area contributed by atoms with Crippen molar-refractivity contribution in [3.8, 4) is 0 Å². The maximum absolute atomic E-state index is 12.4. The third-order valence-electron chi connectivity index (χ3n) is 3.30. The van der Waals surface area contributed by atoms with E-state index in [1.54, 1.807) is 19.9 Å². The largest absolute Gasteiger partial charge is 0.469 e. The second kappa shape index (κ2) is 9.74. The first-order valence-electron chi connectivity index (χ1n) is 7.34. The third kappa shape index (κ3) is 5.26. The molecule has 0 aliphatic rings. The van der Waals surface area contributed by atoms with Gasteiger partial charge in [0.05, 0.1) is 0 Å². The molecule has 2 radical (unpaired) electrons. The molecule has 0 atom stereocenters. The summed E-state index contributed by atoms with van der Waals surface area (Å²) in [4.78, 5) is 24.7. The molecule has 0 fully saturated rings. The topological polar surface area (TPSA) is 83.8 Å². The highest BCUT2D eigenvalue weighted by molar-refractivity contribution is 6.32. The highest BCUT2D eigenvalue weighted by Crippen LogP contribution is 2.26. The minimum absolute atomic E-state index is 0.202. The van der Waals surface area contributed by atoms with Gasteiger partial charge in [0.15, 0.2) is 11.6 Å². The summed E-state index contributed by atoms with van der Waals surface area (Å²) in [6, 6.07) is 11.1. The van der Waals surface area contributed by atoms with Gasteiger partial charge in [-0.1, -0.05) is 43.5 Å². The van der Waals surface area contributed by atoms with Crippen LogP contribution < -0.4 is 0 Å². The fraction of sp³-hybridized carbons (Fsp3) is 0.111. The smallest absolute Gasteiger partial charge is 0.456 e. The Kier molecular flexibility index (Phi) is 8.01. The summed E-state index contributed by atoms with van der Waals surface area (Å²) in [6.45, 7) is 10.7. The number of hydrogen-bond acceptors (Lipinski definition) is 5. The van der Waals surface area contributed by atoms with Crippen molar-refractivity contribution in [2.75, 3.05) is 0 Å². The Morgan fingerprint density at radius 2 is 1.48 bits per heavy atom. The van der Waals surface area contributed by atoms with Crippen molar-refractivity contribution in [2.24, 2.45) is 0 Å². The van der Waals surface area contributed by atoms with Gasteiger partial charge in [-0.15, -0.1) is 0 Å². The van der Waals surface area contributed by atoms with Crippen LogP contribution in [0.1, 0.15) is 34.6 Å². The first-order valence-corrected chi connectivity index (χ1v) is 7.34. The highest BCUT2D eigenvalue weighted by Gasteiger charge is 2.20. The quantitative estimate of drug-likeness (QED) is 0.481. The second-order valence-corrected chi connectivity index (χ2v) is 5.28. The molecule has 2 aromatic rings. The number of fused-ring (bicyclic) bond motifs is 1. The van der Waals surface area contributed by atoms with E-state index in [0.717, 1.165) is 10.8 Å². The van der Waals surface area contributed by atoms with Crippen LogP contribution in [0.4, 0.5) is 0 Å². The van der Waals surface area contributed by atoms with E-state index in [0.29, 0.717) is 37.6 Å². The molecule has 0 saturated carbocycles. The lowest BCUT2D eigenvalue weighted by molar-refractivity contribution is 0.100. The van der Waals surface area contributed by atoms with Crippen LogP contribution in [0.3, 0.4) is 0 Å². The Morgan fingerprint density at radius 3 is 1.96 bits per heavy atom. The van der Waals surface area contributed by atoms with Gasteiger partial charge in [-0.05, 0) is 41.8 Å². The molecule has 0 heterocycles. The van der Waals surface area contributed by atoms with Crippen LogP contribution in [0.15, 0.2) is 60.7 Å². The van der Waals surface area contributed by atoms with Gasteiger partial charge < -0.3 is 14.6 Å². The van der Waals surface area contributed by atoms with Crippen molar-refractivity contribution in [3.05, 3.63) is 71.8 Å². The predicted octanol–water partition coefficient (Wildman–Crippen LogP) is 2.41. The molecule has 0 aliphatic carbocycles. The Labute approximate surface area is 148 Å². The van der Waals surface area contributed by atoms with Crippen LogP contribution in [0.2, 0.25) is 0 Å². The molecule has 7 heteroatoms. The average molecular weight is 336 g/mol. The van der Waals surface area contributed by atoms with E-state index in [1.165, 1.54) is 0 Å². The number of Topliss-reactive ketones (excluding diaryl/α,β-unsaturated/α-hetero) is 2. The van der Waals surface area contributed by atoms with Crippen molar-refractivity contribution in [2.45, 2.75) is 13.8 Å². The summed E-state index contributed by atoms with van der Waals surface area (Å²) < 4.78 is 3.69. The number of carbonyl (C=O) groups excluding carboxylic acids is 2. The molecule has 0 saturated heterocycles. The standard InChI is InChI=1S/C18H16O2.B2H2O3/c1-11(2)17(19)15-10-9-13-7-5-6-8-14(13)16(15)18(20)12(3)4;3-1-5-2-4/h5-10H,1,3H2,2,4H3;3-4H. The molecule has 0 bridgehead atoms. The summed E-state index contributed by atoms with van der Waals surface area (Å²) in [7, 11) is 0.750. The number of allylic oxidation sites excluding steroid dienone is 2. The number of benzene rings is 2. The lowest BCUT2D eigenvalue weighted by Crippen LogP contribution is -2.11. The normalized spacial score (nSPS) is 9.60. The number of carbonyl (C=O) groups is 2. The summed E-state index contributed by atoms with van der Waals surface area (Å²) in [5.41, 5.74) is 1.64. The molecule has 25 heavy (non-hydrogen) atoms. The Morgan fingerprint density at radius 1 is 0.920 bits per heavy atom. The molecule has 0 aliphatic heterocycles. The van der Waals surface area contributed by atoms with E-state index in [-0.39, 0.29) is 11.6 Å². The summed E-state index contributed by atoms with van der Waals surface area (Å²) >= 11 is 0. The first-order chi connectivity index (χ1) is 11.8. The molecular weight excluding hydrogens is 318 g/mol. The van der Waals surface area contributed by atoms with Crippen molar-refractivity contribution < 1.29 is 24.2 Å². The van der Waals surface area contributed by atoms with Gasteiger partial charge in [-0.2, -0.15) is 0 Å².